The number of aromatic nitrogens is 1. The Labute approximate surface area is 102 Å². The molecule has 0 spiro atoms. The van der Waals surface area contributed by atoms with Gasteiger partial charge in [0.05, 0.1) is 7.11 Å². The van der Waals surface area contributed by atoms with E-state index in [1.165, 1.54) is 25.7 Å². The number of anilines is 1. The summed E-state index contributed by atoms with van der Waals surface area (Å²) in [7, 11) is 1.69. The largest absolute Gasteiger partial charge is 0.493 e. The van der Waals surface area contributed by atoms with Crippen molar-refractivity contribution in [2.45, 2.75) is 43.8 Å². The standard InChI is InChI=1S/C13H19N3O/c1-17-12-3-2-6-14-13(12)16-11-7-9-4-5-10(8-11)15-9/h2-3,6,9-11,15H,4-5,7-8H2,1H3,(H,14,16). The molecular formula is C13H19N3O. The quantitative estimate of drug-likeness (QED) is 0.835. The third-order valence-corrected chi connectivity index (χ3v) is 3.80. The molecule has 0 aliphatic carbocycles. The number of nitrogens with zero attached hydrogens (tertiary/aromatic N) is 1. The predicted octanol–water partition coefficient (Wildman–Crippen LogP) is 1.79. The van der Waals surface area contributed by atoms with Crippen molar-refractivity contribution in [3.8, 4) is 5.75 Å². The zero-order valence-electron chi connectivity index (χ0n) is 10.1. The van der Waals surface area contributed by atoms with Gasteiger partial charge in [0.2, 0.25) is 0 Å². The van der Waals surface area contributed by atoms with Crippen molar-refractivity contribution in [2.75, 3.05) is 12.4 Å². The molecule has 2 unspecified atom stereocenters. The lowest BCUT2D eigenvalue weighted by molar-refractivity contribution is 0.374. The molecule has 0 radical (unpaired) electrons. The maximum absolute atomic E-state index is 5.32. The Morgan fingerprint density at radius 1 is 1.35 bits per heavy atom. The molecule has 2 atom stereocenters. The van der Waals surface area contributed by atoms with Crippen LogP contribution < -0.4 is 15.4 Å². The van der Waals surface area contributed by atoms with E-state index in [0.29, 0.717) is 18.1 Å². The first kappa shape index (κ1) is 10.8. The summed E-state index contributed by atoms with van der Waals surface area (Å²) < 4.78 is 5.32. The van der Waals surface area contributed by atoms with Gasteiger partial charge in [-0.15, -0.1) is 0 Å². The van der Waals surface area contributed by atoms with Gasteiger partial charge in [0, 0.05) is 24.3 Å². The molecular weight excluding hydrogens is 214 g/mol. The number of ether oxygens (including phenoxy) is 1. The highest BCUT2D eigenvalue weighted by Gasteiger charge is 2.33. The van der Waals surface area contributed by atoms with Crippen molar-refractivity contribution in [3.63, 3.8) is 0 Å². The van der Waals surface area contributed by atoms with E-state index < -0.39 is 0 Å². The minimum atomic E-state index is 0.526. The van der Waals surface area contributed by atoms with Gasteiger partial charge in [0.1, 0.15) is 0 Å². The van der Waals surface area contributed by atoms with Gasteiger partial charge in [0.15, 0.2) is 11.6 Å². The molecule has 3 heterocycles. The summed E-state index contributed by atoms with van der Waals surface area (Å²) in [5, 5.41) is 7.17. The van der Waals surface area contributed by atoms with E-state index in [-0.39, 0.29) is 0 Å². The summed E-state index contributed by atoms with van der Waals surface area (Å²) in [4.78, 5) is 4.36. The van der Waals surface area contributed by atoms with Gasteiger partial charge in [-0.1, -0.05) is 0 Å². The summed E-state index contributed by atoms with van der Waals surface area (Å²) in [5.74, 6) is 1.71. The van der Waals surface area contributed by atoms with E-state index >= 15 is 0 Å². The van der Waals surface area contributed by atoms with E-state index in [4.69, 9.17) is 4.74 Å². The normalized spacial score (nSPS) is 31.2. The lowest BCUT2D eigenvalue weighted by atomic mass is 10.00. The number of methoxy groups -OCH3 is 1. The van der Waals surface area contributed by atoms with Gasteiger partial charge in [-0.05, 0) is 37.8 Å². The topological polar surface area (TPSA) is 46.2 Å². The number of piperidine rings is 1. The van der Waals surface area contributed by atoms with Crippen LogP contribution in [0.5, 0.6) is 5.75 Å². The fourth-order valence-corrected chi connectivity index (χ4v) is 3.03. The van der Waals surface area contributed by atoms with E-state index in [2.05, 4.69) is 15.6 Å². The molecule has 1 aromatic heterocycles. The summed E-state index contributed by atoms with van der Waals surface area (Å²) >= 11 is 0. The van der Waals surface area contributed by atoms with Crippen molar-refractivity contribution >= 4 is 5.82 Å². The van der Waals surface area contributed by atoms with E-state index in [9.17, 15) is 0 Å². The van der Waals surface area contributed by atoms with Crippen LogP contribution in [0.4, 0.5) is 5.82 Å². The van der Waals surface area contributed by atoms with Crippen LogP contribution in [0, 0.1) is 0 Å². The first-order chi connectivity index (χ1) is 8.35. The third-order valence-electron chi connectivity index (χ3n) is 3.80. The maximum atomic E-state index is 5.32. The summed E-state index contributed by atoms with van der Waals surface area (Å²) in [6.07, 6.45) is 6.83. The minimum Gasteiger partial charge on any atom is -0.493 e. The van der Waals surface area contributed by atoms with Gasteiger partial charge < -0.3 is 15.4 Å². The molecule has 3 rings (SSSR count). The van der Waals surface area contributed by atoms with Gasteiger partial charge >= 0.3 is 0 Å². The van der Waals surface area contributed by atoms with Gasteiger partial charge in [-0.3, -0.25) is 0 Å². The second kappa shape index (κ2) is 4.53. The number of pyridine rings is 1. The van der Waals surface area contributed by atoms with Crippen molar-refractivity contribution in [1.29, 1.82) is 0 Å². The fourth-order valence-electron chi connectivity index (χ4n) is 3.03. The molecule has 2 aliphatic heterocycles. The van der Waals surface area contributed by atoms with Crippen LogP contribution in [0.2, 0.25) is 0 Å². The van der Waals surface area contributed by atoms with Crippen molar-refractivity contribution in [2.24, 2.45) is 0 Å². The molecule has 0 aromatic carbocycles. The van der Waals surface area contributed by atoms with Gasteiger partial charge in [-0.2, -0.15) is 0 Å². The second-order valence-electron chi connectivity index (χ2n) is 5.00. The maximum Gasteiger partial charge on any atom is 0.168 e. The Morgan fingerprint density at radius 2 is 2.12 bits per heavy atom. The molecule has 2 saturated heterocycles. The Morgan fingerprint density at radius 3 is 2.82 bits per heavy atom. The first-order valence-corrected chi connectivity index (χ1v) is 6.37. The molecule has 0 saturated carbocycles. The van der Waals surface area contributed by atoms with Crippen molar-refractivity contribution < 1.29 is 4.74 Å². The molecule has 4 nitrogen and oxygen atoms in total. The molecule has 0 amide bonds. The number of hydrogen-bond donors (Lipinski definition) is 2. The van der Waals surface area contributed by atoms with Crippen LogP contribution in [0.25, 0.3) is 0 Å². The highest BCUT2D eigenvalue weighted by atomic mass is 16.5. The zero-order chi connectivity index (χ0) is 11.7. The highest BCUT2D eigenvalue weighted by Crippen LogP contribution is 2.30. The van der Waals surface area contributed by atoms with Crippen molar-refractivity contribution in [1.82, 2.24) is 10.3 Å². The van der Waals surface area contributed by atoms with Crippen LogP contribution in [-0.4, -0.2) is 30.2 Å². The van der Waals surface area contributed by atoms with Crippen LogP contribution >= 0.6 is 0 Å². The minimum absolute atomic E-state index is 0.526. The van der Waals surface area contributed by atoms with Crippen LogP contribution in [-0.2, 0) is 0 Å². The molecule has 92 valence electrons. The molecule has 2 fully saturated rings. The average molecular weight is 233 g/mol. The highest BCUT2D eigenvalue weighted by molar-refractivity contribution is 5.50. The fraction of sp³-hybridized carbons (Fsp3) is 0.615. The number of hydrogen-bond acceptors (Lipinski definition) is 4. The Balaban J connectivity index is 1.70. The molecule has 1 aromatic rings. The molecule has 17 heavy (non-hydrogen) atoms. The lowest BCUT2D eigenvalue weighted by Gasteiger charge is -2.30. The second-order valence-corrected chi connectivity index (χ2v) is 5.00. The SMILES string of the molecule is COc1cccnc1NC1CC2CCC(C1)N2. The van der Waals surface area contributed by atoms with Crippen LogP contribution in [0.3, 0.4) is 0 Å². The molecule has 2 bridgehead atoms. The number of nitrogens with one attached hydrogen (secondary N) is 2. The van der Waals surface area contributed by atoms with E-state index in [1.54, 1.807) is 13.3 Å². The van der Waals surface area contributed by atoms with Gasteiger partial charge in [0.25, 0.3) is 0 Å². The van der Waals surface area contributed by atoms with Crippen LogP contribution in [0.1, 0.15) is 25.7 Å². The molecule has 2 aliphatic rings. The average Bonchev–Trinajstić information content (AvgIpc) is 2.69. The smallest absolute Gasteiger partial charge is 0.168 e. The summed E-state index contributed by atoms with van der Waals surface area (Å²) in [6, 6.07) is 5.76. The Hall–Kier alpha value is -1.29. The Bertz CT molecular complexity index is 384. The number of rotatable bonds is 3. The van der Waals surface area contributed by atoms with Crippen molar-refractivity contribution in [3.05, 3.63) is 18.3 Å². The predicted molar refractivity (Wildman–Crippen MR) is 67.4 cm³/mol. The van der Waals surface area contributed by atoms with E-state index in [1.807, 2.05) is 12.1 Å². The monoisotopic (exact) mass is 233 g/mol. The molecule has 4 heteroatoms. The lowest BCUT2D eigenvalue weighted by Crippen LogP contribution is -2.43. The van der Waals surface area contributed by atoms with E-state index in [0.717, 1.165) is 11.6 Å². The molecule has 2 N–H and O–H groups in total. The van der Waals surface area contributed by atoms with Crippen LogP contribution in [0.15, 0.2) is 18.3 Å². The third kappa shape index (κ3) is 2.22. The van der Waals surface area contributed by atoms with Gasteiger partial charge in [-0.25, -0.2) is 4.98 Å². The summed E-state index contributed by atoms with van der Waals surface area (Å²) in [5.41, 5.74) is 0. The number of fused-ring (bicyclic) bond motifs is 2. The Kier molecular flexibility index (Phi) is 2.89. The zero-order valence-corrected chi connectivity index (χ0v) is 10.1. The summed E-state index contributed by atoms with van der Waals surface area (Å²) in [6.45, 7) is 0. The first-order valence-electron chi connectivity index (χ1n) is 6.37.